The molecular weight excluding hydrogens is 234 g/mol. The molecule has 1 rings (SSSR count). The number of aliphatic hydroxyl groups excluding tert-OH is 1. The number of nitrogens with zero attached hydrogens (tertiary/aromatic N) is 1. The Balaban J connectivity index is 2.46. The van der Waals surface area contributed by atoms with Gasteiger partial charge in [-0.2, -0.15) is 0 Å². The number of hydrogen-bond acceptors (Lipinski definition) is 4. The van der Waals surface area contributed by atoms with E-state index in [0.717, 1.165) is 24.2 Å². The second-order valence-electron chi connectivity index (χ2n) is 3.73. The van der Waals surface area contributed by atoms with Gasteiger partial charge in [-0.1, -0.05) is 18.2 Å². The number of aliphatic imine (C=N–C) groups is 1. The third-order valence-electron chi connectivity index (χ3n) is 2.56. The SMILES string of the molecule is COc1ccccc1C(O)CCCCN=C=S. The largest absolute Gasteiger partial charge is 0.496 e. The number of ether oxygens (including phenoxy) is 1. The van der Waals surface area contributed by atoms with E-state index in [1.165, 1.54) is 0 Å². The average Bonchev–Trinajstić information content (AvgIpc) is 2.38. The van der Waals surface area contributed by atoms with E-state index in [1.54, 1.807) is 7.11 Å². The quantitative estimate of drug-likeness (QED) is 0.460. The Labute approximate surface area is 107 Å². The van der Waals surface area contributed by atoms with Gasteiger partial charge in [-0.15, -0.1) is 0 Å². The summed E-state index contributed by atoms with van der Waals surface area (Å²) in [5.41, 5.74) is 0.841. The number of benzene rings is 1. The Bertz CT molecular complexity index is 389. The number of methoxy groups -OCH3 is 1. The van der Waals surface area contributed by atoms with Gasteiger partial charge in [0.1, 0.15) is 5.75 Å². The number of unbranched alkanes of at least 4 members (excludes halogenated alkanes) is 1. The Kier molecular flexibility index (Phi) is 6.48. The second kappa shape index (κ2) is 7.96. The molecule has 4 heteroatoms. The van der Waals surface area contributed by atoms with Crippen molar-refractivity contribution in [2.45, 2.75) is 25.4 Å². The summed E-state index contributed by atoms with van der Waals surface area (Å²) < 4.78 is 5.21. The zero-order valence-corrected chi connectivity index (χ0v) is 10.7. The van der Waals surface area contributed by atoms with Crippen LogP contribution in [0.3, 0.4) is 0 Å². The van der Waals surface area contributed by atoms with Crippen molar-refractivity contribution in [1.82, 2.24) is 0 Å². The summed E-state index contributed by atoms with van der Waals surface area (Å²) >= 11 is 4.48. The smallest absolute Gasteiger partial charge is 0.124 e. The van der Waals surface area contributed by atoms with Crippen LogP contribution in [-0.2, 0) is 0 Å². The first-order valence-corrected chi connectivity index (χ1v) is 6.05. The molecule has 0 bridgehead atoms. The molecule has 0 saturated heterocycles. The highest BCUT2D eigenvalue weighted by Crippen LogP contribution is 2.27. The maximum atomic E-state index is 10.0. The number of thiocarbonyl (C=S) groups is 1. The van der Waals surface area contributed by atoms with Crippen molar-refractivity contribution in [3.8, 4) is 5.75 Å². The van der Waals surface area contributed by atoms with Gasteiger partial charge in [-0.05, 0) is 37.5 Å². The molecule has 92 valence electrons. The van der Waals surface area contributed by atoms with Crippen LogP contribution in [0.4, 0.5) is 0 Å². The van der Waals surface area contributed by atoms with Gasteiger partial charge in [0.15, 0.2) is 0 Å². The fourth-order valence-corrected chi connectivity index (χ4v) is 1.76. The normalized spacial score (nSPS) is 11.6. The van der Waals surface area contributed by atoms with E-state index in [0.29, 0.717) is 13.0 Å². The zero-order valence-electron chi connectivity index (χ0n) is 9.93. The molecule has 0 aliphatic carbocycles. The molecule has 0 heterocycles. The van der Waals surface area contributed by atoms with Crippen LogP contribution in [0.15, 0.2) is 29.3 Å². The van der Waals surface area contributed by atoms with Crippen molar-refractivity contribution in [2.24, 2.45) is 4.99 Å². The molecule has 0 radical (unpaired) electrons. The predicted octanol–water partition coefficient (Wildman–Crippen LogP) is 3.00. The maximum absolute atomic E-state index is 10.0. The van der Waals surface area contributed by atoms with Crippen molar-refractivity contribution >= 4 is 17.4 Å². The lowest BCUT2D eigenvalue weighted by Gasteiger charge is -2.14. The lowest BCUT2D eigenvalue weighted by atomic mass is 10.0. The minimum absolute atomic E-state index is 0.484. The minimum atomic E-state index is -0.484. The molecule has 1 N–H and O–H groups in total. The van der Waals surface area contributed by atoms with E-state index in [4.69, 9.17) is 4.74 Å². The van der Waals surface area contributed by atoms with Crippen molar-refractivity contribution in [3.63, 3.8) is 0 Å². The molecule has 17 heavy (non-hydrogen) atoms. The van der Waals surface area contributed by atoms with E-state index in [-0.39, 0.29) is 0 Å². The summed E-state index contributed by atoms with van der Waals surface area (Å²) in [7, 11) is 1.61. The van der Waals surface area contributed by atoms with Gasteiger partial charge in [-0.3, -0.25) is 0 Å². The molecule has 1 atom stereocenters. The highest BCUT2D eigenvalue weighted by atomic mass is 32.1. The number of para-hydroxylation sites is 1. The van der Waals surface area contributed by atoms with E-state index in [1.807, 2.05) is 24.3 Å². The molecular formula is C13H17NO2S. The Morgan fingerprint density at radius 1 is 1.41 bits per heavy atom. The van der Waals surface area contributed by atoms with Crippen molar-refractivity contribution in [2.75, 3.05) is 13.7 Å². The van der Waals surface area contributed by atoms with Crippen LogP contribution in [-0.4, -0.2) is 23.9 Å². The van der Waals surface area contributed by atoms with Crippen LogP contribution in [0, 0.1) is 0 Å². The fraction of sp³-hybridized carbons (Fsp3) is 0.462. The van der Waals surface area contributed by atoms with Gasteiger partial charge in [0.25, 0.3) is 0 Å². The Morgan fingerprint density at radius 3 is 2.88 bits per heavy atom. The molecule has 0 aliphatic heterocycles. The second-order valence-corrected chi connectivity index (χ2v) is 3.91. The molecule has 1 unspecified atom stereocenters. The molecule has 0 spiro atoms. The van der Waals surface area contributed by atoms with Gasteiger partial charge in [-0.25, -0.2) is 4.99 Å². The standard InChI is InChI=1S/C13H17NO2S/c1-16-13-8-3-2-6-11(13)12(15)7-4-5-9-14-10-17/h2-3,6,8,12,15H,4-5,7,9H2,1H3. The van der Waals surface area contributed by atoms with E-state index >= 15 is 0 Å². The maximum Gasteiger partial charge on any atom is 0.124 e. The van der Waals surface area contributed by atoms with Crippen molar-refractivity contribution in [1.29, 1.82) is 0 Å². The lowest BCUT2D eigenvalue weighted by molar-refractivity contribution is 0.160. The highest BCUT2D eigenvalue weighted by molar-refractivity contribution is 7.78. The molecule has 1 aromatic rings. The lowest BCUT2D eigenvalue weighted by Crippen LogP contribution is -2.00. The van der Waals surface area contributed by atoms with Gasteiger partial charge in [0.2, 0.25) is 0 Å². The fourth-order valence-electron chi connectivity index (χ4n) is 1.67. The van der Waals surface area contributed by atoms with Crippen LogP contribution in [0.25, 0.3) is 0 Å². The summed E-state index contributed by atoms with van der Waals surface area (Å²) in [6, 6.07) is 7.54. The van der Waals surface area contributed by atoms with Gasteiger partial charge in [0, 0.05) is 12.1 Å². The third-order valence-corrected chi connectivity index (χ3v) is 2.69. The van der Waals surface area contributed by atoms with Crippen molar-refractivity contribution < 1.29 is 9.84 Å². The summed E-state index contributed by atoms with van der Waals surface area (Å²) in [6.07, 6.45) is 2.03. The van der Waals surface area contributed by atoms with E-state index in [9.17, 15) is 5.11 Å². The van der Waals surface area contributed by atoms with Crippen LogP contribution >= 0.6 is 12.2 Å². The average molecular weight is 251 g/mol. The van der Waals surface area contributed by atoms with Crippen LogP contribution in [0.2, 0.25) is 0 Å². The first-order chi connectivity index (χ1) is 8.29. The third kappa shape index (κ3) is 4.65. The number of hydrogen-bond donors (Lipinski definition) is 1. The zero-order chi connectivity index (χ0) is 12.5. The molecule has 0 saturated carbocycles. The summed E-state index contributed by atoms with van der Waals surface area (Å²) in [4.78, 5) is 3.83. The topological polar surface area (TPSA) is 41.8 Å². The van der Waals surface area contributed by atoms with Gasteiger partial charge >= 0.3 is 0 Å². The van der Waals surface area contributed by atoms with Crippen LogP contribution in [0.1, 0.15) is 30.9 Å². The number of aliphatic hydroxyl groups is 1. The monoisotopic (exact) mass is 251 g/mol. The Morgan fingerprint density at radius 2 is 2.18 bits per heavy atom. The first kappa shape index (κ1) is 13.8. The molecule has 0 fully saturated rings. The molecule has 0 aromatic heterocycles. The minimum Gasteiger partial charge on any atom is -0.496 e. The first-order valence-electron chi connectivity index (χ1n) is 5.64. The van der Waals surface area contributed by atoms with Crippen molar-refractivity contribution in [3.05, 3.63) is 29.8 Å². The summed E-state index contributed by atoms with van der Waals surface area (Å²) in [5.74, 6) is 0.733. The summed E-state index contributed by atoms with van der Waals surface area (Å²) in [6.45, 7) is 0.683. The summed E-state index contributed by atoms with van der Waals surface area (Å²) in [5, 5.41) is 12.4. The van der Waals surface area contributed by atoms with Gasteiger partial charge in [0.05, 0.1) is 18.4 Å². The number of isothiocyanates is 1. The molecule has 3 nitrogen and oxygen atoms in total. The predicted molar refractivity (Wildman–Crippen MR) is 71.7 cm³/mol. The van der Waals surface area contributed by atoms with E-state index in [2.05, 4.69) is 22.4 Å². The Hall–Kier alpha value is -1.22. The highest BCUT2D eigenvalue weighted by Gasteiger charge is 2.11. The molecule has 1 aromatic carbocycles. The molecule has 0 amide bonds. The van der Waals surface area contributed by atoms with Gasteiger partial charge < -0.3 is 9.84 Å². The van der Waals surface area contributed by atoms with Crippen LogP contribution in [0.5, 0.6) is 5.75 Å². The molecule has 0 aliphatic rings. The van der Waals surface area contributed by atoms with E-state index < -0.39 is 6.10 Å². The van der Waals surface area contributed by atoms with Crippen LogP contribution < -0.4 is 4.74 Å². The number of rotatable bonds is 7.